The molecule has 1 N–H and O–H groups in total. The number of rotatable bonds is 2. The van der Waals surface area contributed by atoms with Crippen molar-refractivity contribution in [2.45, 2.75) is 25.7 Å². The number of anilines is 1. The predicted molar refractivity (Wildman–Crippen MR) is 85.8 cm³/mol. The number of fused-ring (bicyclic) bond motifs is 1. The number of benzene rings is 1. The molecule has 0 aliphatic carbocycles. The van der Waals surface area contributed by atoms with Gasteiger partial charge in [0.15, 0.2) is 0 Å². The van der Waals surface area contributed by atoms with Crippen LogP contribution >= 0.6 is 0 Å². The highest BCUT2D eigenvalue weighted by Gasteiger charge is 2.26. The van der Waals surface area contributed by atoms with Crippen molar-refractivity contribution in [1.29, 1.82) is 0 Å². The van der Waals surface area contributed by atoms with E-state index in [1.54, 1.807) is 4.90 Å². The second-order valence-electron chi connectivity index (χ2n) is 5.95. The molecule has 0 atom stereocenters. The largest absolute Gasteiger partial charge is 0.340 e. The molecule has 2 amide bonds. The van der Waals surface area contributed by atoms with Gasteiger partial charge in [0.1, 0.15) is 6.54 Å². The molecule has 22 heavy (non-hydrogen) atoms. The number of para-hydroxylation sites is 1. The summed E-state index contributed by atoms with van der Waals surface area (Å²) in [4.78, 5) is 28.6. The first-order chi connectivity index (χ1) is 10.8. The van der Waals surface area contributed by atoms with Crippen LogP contribution in [0.2, 0.25) is 0 Å². The van der Waals surface area contributed by atoms with Crippen molar-refractivity contribution >= 4 is 17.5 Å². The molecule has 0 radical (unpaired) electrons. The number of hydrogen-bond acceptors (Lipinski definition) is 3. The van der Waals surface area contributed by atoms with Crippen LogP contribution in [0.15, 0.2) is 24.3 Å². The molecule has 1 aromatic rings. The Morgan fingerprint density at radius 2 is 1.95 bits per heavy atom. The summed E-state index contributed by atoms with van der Waals surface area (Å²) in [6, 6.07) is 7.94. The lowest BCUT2D eigenvalue weighted by Crippen LogP contribution is -2.44. The van der Waals surface area contributed by atoms with Crippen LogP contribution in [0.3, 0.4) is 0 Å². The highest BCUT2D eigenvalue weighted by atomic mass is 16.2. The van der Waals surface area contributed by atoms with E-state index in [1.807, 2.05) is 23.1 Å². The summed E-state index contributed by atoms with van der Waals surface area (Å²) in [6.45, 7) is 3.44. The van der Waals surface area contributed by atoms with E-state index in [2.05, 4.69) is 11.4 Å². The van der Waals surface area contributed by atoms with E-state index < -0.39 is 0 Å². The fourth-order valence-electron chi connectivity index (χ4n) is 3.19. The summed E-state index contributed by atoms with van der Waals surface area (Å²) in [5, 5.41) is 3.30. The van der Waals surface area contributed by atoms with E-state index >= 15 is 0 Å². The fraction of sp³-hybridized carbons (Fsp3) is 0.529. The smallest absolute Gasteiger partial charge is 0.242 e. The molecule has 0 unspecified atom stereocenters. The Bertz CT molecular complexity index is 551. The maximum atomic E-state index is 12.6. The van der Waals surface area contributed by atoms with Crippen molar-refractivity contribution in [2.24, 2.45) is 0 Å². The Morgan fingerprint density at radius 1 is 1.09 bits per heavy atom. The average molecular weight is 301 g/mol. The van der Waals surface area contributed by atoms with Crippen molar-refractivity contribution in [3.8, 4) is 0 Å². The second kappa shape index (κ2) is 6.92. The molecule has 0 spiro atoms. The van der Waals surface area contributed by atoms with Crippen molar-refractivity contribution in [2.75, 3.05) is 37.6 Å². The van der Waals surface area contributed by atoms with Gasteiger partial charge in [-0.05, 0) is 37.4 Å². The van der Waals surface area contributed by atoms with Crippen LogP contribution in [-0.2, 0) is 16.0 Å². The molecule has 1 saturated heterocycles. The summed E-state index contributed by atoms with van der Waals surface area (Å²) >= 11 is 0. The van der Waals surface area contributed by atoms with E-state index in [0.29, 0.717) is 6.42 Å². The van der Waals surface area contributed by atoms with Gasteiger partial charge < -0.3 is 15.1 Å². The Morgan fingerprint density at radius 3 is 2.86 bits per heavy atom. The minimum absolute atomic E-state index is 0.0498. The van der Waals surface area contributed by atoms with Crippen LogP contribution in [0.1, 0.15) is 24.8 Å². The molecule has 2 aliphatic rings. The minimum Gasteiger partial charge on any atom is -0.340 e. The summed E-state index contributed by atoms with van der Waals surface area (Å²) in [6.07, 6.45) is 3.24. The summed E-state index contributed by atoms with van der Waals surface area (Å²) in [7, 11) is 0. The first kappa shape index (κ1) is 15.0. The zero-order valence-electron chi connectivity index (χ0n) is 12.9. The molecule has 0 saturated carbocycles. The Kier molecular flexibility index (Phi) is 4.73. The highest BCUT2D eigenvalue weighted by molar-refractivity contribution is 5.99. The van der Waals surface area contributed by atoms with Gasteiger partial charge in [0.25, 0.3) is 0 Å². The fourth-order valence-corrected chi connectivity index (χ4v) is 3.19. The molecule has 5 heteroatoms. The Balaban J connectivity index is 1.77. The summed E-state index contributed by atoms with van der Waals surface area (Å²) in [5.41, 5.74) is 2.07. The van der Waals surface area contributed by atoms with Gasteiger partial charge in [0.05, 0.1) is 0 Å². The average Bonchev–Trinajstić information content (AvgIpc) is 2.88. The quantitative estimate of drug-likeness (QED) is 0.892. The maximum absolute atomic E-state index is 12.6. The second-order valence-corrected chi connectivity index (χ2v) is 5.95. The number of hydrogen-bond donors (Lipinski definition) is 1. The molecular weight excluding hydrogens is 278 g/mol. The van der Waals surface area contributed by atoms with Crippen LogP contribution in [0.25, 0.3) is 0 Å². The first-order valence-electron chi connectivity index (χ1n) is 8.12. The zero-order chi connectivity index (χ0) is 15.4. The SMILES string of the molecule is O=C(CN1C(=O)CCCc2ccccc21)N1CCCNCC1. The molecule has 3 rings (SSSR count). The van der Waals surface area contributed by atoms with E-state index in [-0.39, 0.29) is 18.4 Å². The molecule has 2 aliphatic heterocycles. The van der Waals surface area contributed by atoms with Gasteiger partial charge >= 0.3 is 0 Å². The lowest BCUT2D eigenvalue weighted by Gasteiger charge is -2.27. The molecule has 118 valence electrons. The van der Waals surface area contributed by atoms with E-state index in [1.165, 1.54) is 5.56 Å². The van der Waals surface area contributed by atoms with Crippen molar-refractivity contribution in [1.82, 2.24) is 10.2 Å². The number of amides is 2. The third-order valence-corrected chi connectivity index (χ3v) is 4.41. The van der Waals surface area contributed by atoms with Gasteiger partial charge in [-0.3, -0.25) is 9.59 Å². The molecule has 0 aromatic heterocycles. The molecule has 1 fully saturated rings. The lowest BCUT2D eigenvalue weighted by atomic mass is 10.1. The molecule has 2 heterocycles. The summed E-state index contributed by atoms with van der Waals surface area (Å²) in [5.74, 6) is 0.111. The van der Waals surface area contributed by atoms with Gasteiger partial charge in [-0.2, -0.15) is 0 Å². The van der Waals surface area contributed by atoms with Crippen LogP contribution < -0.4 is 10.2 Å². The number of carbonyl (C=O) groups excluding carboxylic acids is 2. The van der Waals surface area contributed by atoms with Crippen LogP contribution in [0.4, 0.5) is 5.69 Å². The minimum atomic E-state index is 0.0498. The third-order valence-electron chi connectivity index (χ3n) is 4.41. The normalized spacial score (nSPS) is 19.4. The van der Waals surface area contributed by atoms with Gasteiger partial charge in [0, 0.05) is 31.7 Å². The Hall–Kier alpha value is -1.88. The Labute approximate surface area is 131 Å². The first-order valence-corrected chi connectivity index (χ1v) is 8.12. The van der Waals surface area contributed by atoms with E-state index in [9.17, 15) is 9.59 Å². The zero-order valence-corrected chi connectivity index (χ0v) is 12.9. The standard InChI is InChI=1S/C17H23N3O2/c21-16-8-3-6-14-5-1-2-7-15(14)20(16)13-17(22)19-11-4-9-18-10-12-19/h1-2,5,7,18H,3-4,6,8-13H2. The van der Waals surface area contributed by atoms with Gasteiger partial charge in [-0.1, -0.05) is 18.2 Å². The summed E-state index contributed by atoms with van der Waals surface area (Å²) < 4.78 is 0. The molecule has 0 bridgehead atoms. The maximum Gasteiger partial charge on any atom is 0.242 e. The highest BCUT2D eigenvalue weighted by Crippen LogP contribution is 2.26. The van der Waals surface area contributed by atoms with Crippen LogP contribution in [0, 0.1) is 0 Å². The number of nitrogens with zero attached hydrogens (tertiary/aromatic N) is 2. The topological polar surface area (TPSA) is 52.7 Å². The lowest BCUT2D eigenvalue weighted by molar-refractivity contribution is -0.131. The van der Waals surface area contributed by atoms with Crippen LogP contribution in [-0.4, -0.2) is 49.4 Å². The molecule has 5 nitrogen and oxygen atoms in total. The van der Waals surface area contributed by atoms with Crippen molar-refractivity contribution < 1.29 is 9.59 Å². The van der Waals surface area contributed by atoms with Crippen LogP contribution in [0.5, 0.6) is 0 Å². The molecular formula is C17H23N3O2. The van der Waals surface area contributed by atoms with Gasteiger partial charge in [0.2, 0.25) is 11.8 Å². The van der Waals surface area contributed by atoms with Crippen molar-refractivity contribution in [3.05, 3.63) is 29.8 Å². The monoisotopic (exact) mass is 301 g/mol. The van der Waals surface area contributed by atoms with Gasteiger partial charge in [-0.15, -0.1) is 0 Å². The number of carbonyl (C=O) groups is 2. The number of aryl methyl sites for hydroxylation is 1. The number of nitrogens with one attached hydrogen (secondary N) is 1. The van der Waals surface area contributed by atoms with E-state index in [0.717, 1.165) is 51.1 Å². The molecule has 1 aromatic carbocycles. The third kappa shape index (κ3) is 3.30. The predicted octanol–water partition coefficient (Wildman–Crippen LogP) is 1.18. The van der Waals surface area contributed by atoms with E-state index in [4.69, 9.17) is 0 Å². The van der Waals surface area contributed by atoms with Crippen molar-refractivity contribution in [3.63, 3.8) is 0 Å². The van der Waals surface area contributed by atoms with Gasteiger partial charge in [-0.25, -0.2) is 0 Å².